The fourth-order valence-electron chi connectivity index (χ4n) is 1.97. The summed E-state index contributed by atoms with van der Waals surface area (Å²) in [7, 11) is 1.26. The average molecular weight is 493 g/mol. The molecule has 3 rings (SSSR count). The first-order valence-corrected chi connectivity index (χ1v) is 10.5. The zero-order valence-corrected chi connectivity index (χ0v) is 19.9. The van der Waals surface area contributed by atoms with Gasteiger partial charge >= 0.3 is 6.18 Å². The van der Waals surface area contributed by atoms with Crippen LogP contribution in [0.2, 0.25) is 5.02 Å². The van der Waals surface area contributed by atoms with Gasteiger partial charge in [-0.2, -0.15) is 13.2 Å². The van der Waals surface area contributed by atoms with Gasteiger partial charge < -0.3 is 20.8 Å². The van der Waals surface area contributed by atoms with Crippen LogP contribution in [0.15, 0.2) is 24.7 Å². The van der Waals surface area contributed by atoms with Gasteiger partial charge in [0.25, 0.3) is 0 Å². The number of pyridine rings is 1. The molecule has 0 bridgehead atoms. The van der Waals surface area contributed by atoms with Crippen molar-refractivity contribution in [3.05, 3.63) is 35.5 Å². The minimum absolute atomic E-state index is 0.190. The number of alkyl halides is 3. The number of nitrogens with one attached hydrogen (secondary N) is 2. The number of H-pyrrole nitrogens is 1. The molecule has 1 unspecified atom stereocenters. The van der Waals surface area contributed by atoms with E-state index in [1.807, 2.05) is 33.0 Å². The van der Waals surface area contributed by atoms with Crippen molar-refractivity contribution >= 4 is 34.7 Å². The molecule has 0 saturated heterocycles. The molecule has 184 valence electrons. The lowest BCUT2D eigenvalue weighted by Gasteiger charge is -2.01. The molecule has 0 aromatic carbocycles. The van der Waals surface area contributed by atoms with Crippen molar-refractivity contribution in [1.29, 1.82) is 0 Å². The van der Waals surface area contributed by atoms with Crippen LogP contribution in [0.4, 0.5) is 23.4 Å². The first-order chi connectivity index (χ1) is 15.5. The Morgan fingerprint density at radius 1 is 1.27 bits per heavy atom. The number of hydrogen-bond acceptors (Lipinski definition) is 6. The highest BCUT2D eigenvalue weighted by Crippen LogP contribution is 2.27. The van der Waals surface area contributed by atoms with Gasteiger partial charge in [0, 0.05) is 29.3 Å². The molecule has 3 heterocycles. The second-order valence-corrected chi connectivity index (χ2v) is 6.78. The van der Waals surface area contributed by atoms with Crippen molar-refractivity contribution in [2.24, 2.45) is 5.92 Å². The van der Waals surface area contributed by atoms with Crippen LogP contribution in [0, 0.1) is 11.7 Å². The van der Waals surface area contributed by atoms with Crippen LogP contribution >= 0.6 is 11.6 Å². The fourth-order valence-corrected chi connectivity index (χ4v) is 2.13. The van der Waals surface area contributed by atoms with Crippen LogP contribution < -0.4 is 11.1 Å². The number of carbonyl (C=O) groups excluding carboxylic acids is 1. The van der Waals surface area contributed by atoms with Gasteiger partial charge in [-0.25, -0.2) is 19.3 Å². The Morgan fingerprint density at radius 2 is 1.91 bits per heavy atom. The molecule has 0 fully saturated rings. The largest absolute Gasteiger partial charge is 0.401 e. The summed E-state index contributed by atoms with van der Waals surface area (Å²) in [5.74, 6) is -0.256. The first-order valence-electron chi connectivity index (χ1n) is 10.1. The summed E-state index contributed by atoms with van der Waals surface area (Å²) in [5.41, 5.74) is 6.75. The average Bonchev–Trinajstić information content (AvgIpc) is 3.19. The lowest BCUT2D eigenvalue weighted by atomic mass is 10.2. The van der Waals surface area contributed by atoms with Crippen LogP contribution in [0.5, 0.6) is 0 Å². The van der Waals surface area contributed by atoms with E-state index in [0.717, 1.165) is 24.3 Å². The SMILES string of the molecule is CC.CCC(C)C=O.CNCC(F)(F)F.Nc1nc(-c2c[nH]c3ncc(Cl)cc23)ncc1F. The van der Waals surface area contributed by atoms with Crippen LogP contribution in [-0.4, -0.2) is 46.0 Å². The number of rotatable bonds is 4. The fraction of sp³-hybridized carbons (Fsp3) is 0.429. The minimum atomic E-state index is -4.06. The van der Waals surface area contributed by atoms with Crippen LogP contribution in [0.25, 0.3) is 22.4 Å². The predicted molar refractivity (Wildman–Crippen MR) is 123 cm³/mol. The molecule has 0 aliphatic heterocycles. The third-order valence-electron chi connectivity index (χ3n) is 3.76. The van der Waals surface area contributed by atoms with Gasteiger partial charge in [-0.05, 0) is 19.5 Å². The van der Waals surface area contributed by atoms with E-state index in [4.69, 9.17) is 17.3 Å². The maximum atomic E-state index is 13.0. The number of fused-ring (bicyclic) bond motifs is 1. The molecule has 0 amide bonds. The Hall–Kier alpha value is -2.79. The second kappa shape index (κ2) is 15.1. The molecule has 0 aliphatic rings. The lowest BCUT2D eigenvalue weighted by Crippen LogP contribution is -2.25. The Kier molecular flexibility index (Phi) is 13.8. The molecule has 3 aromatic heterocycles. The monoisotopic (exact) mass is 492 g/mol. The Labute approximate surface area is 195 Å². The van der Waals surface area contributed by atoms with Gasteiger partial charge in [-0.15, -0.1) is 0 Å². The van der Waals surface area contributed by atoms with Crippen molar-refractivity contribution in [1.82, 2.24) is 25.3 Å². The maximum Gasteiger partial charge on any atom is 0.401 e. The van der Waals surface area contributed by atoms with E-state index >= 15 is 0 Å². The zero-order valence-electron chi connectivity index (χ0n) is 19.1. The van der Waals surface area contributed by atoms with Crippen molar-refractivity contribution < 1.29 is 22.4 Å². The third-order valence-corrected chi connectivity index (χ3v) is 3.97. The van der Waals surface area contributed by atoms with Crippen molar-refractivity contribution in [3.8, 4) is 11.4 Å². The third kappa shape index (κ3) is 11.1. The van der Waals surface area contributed by atoms with Crippen LogP contribution in [0.1, 0.15) is 34.1 Å². The molecule has 33 heavy (non-hydrogen) atoms. The number of anilines is 1. The van der Waals surface area contributed by atoms with Gasteiger partial charge in [-0.1, -0.05) is 39.3 Å². The molecule has 12 heteroatoms. The topological polar surface area (TPSA) is 110 Å². The highest BCUT2D eigenvalue weighted by atomic mass is 35.5. The highest BCUT2D eigenvalue weighted by Gasteiger charge is 2.24. The standard InChI is InChI=1S/C11H7ClFN5.C5H10O.C3H6F3N.C2H6/c12-5-1-6-7(3-16-10(6)15-2-5)11-17-4-8(13)9(14)18-11;1-3-5(2)4-6;1-7-2-3(4,5)6;1-2/h1-4H,(H,15,16)(H2,14,17,18);4-5H,3H2,1-2H3;7H,2H2,1H3;1-2H3. The molecule has 4 N–H and O–H groups in total. The summed E-state index contributed by atoms with van der Waals surface area (Å²) in [6.07, 6.45) is 2.12. The number of aldehydes is 1. The number of nitrogen functional groups attached to an aromatic ring is 1. The second-order valence-electron chi connectivity index (χ2n) is 6.35. The lowest BCUT2D eigenvalue weighted by molar-refractivity contribution is -0.123. The Bertz CT molecular complexity index is 981. The molecule has 0 spiro atoms. The molecule has 0 radical (unpaired) electrons. The number of hydrogen-bond donors (Lipinski definition) is 3. The molecule has 0 aliphatic carbocycles. The highest BCUT2D eigenvalue weighted by molar-refractivity contribution is 6.31. The van der Waals surface area contributed by atoms with Gasteiger partial charge in [0.1, 0.15) is 11.9 Å². The zero-order chi connectivity index (χ0) is 25.6. The molecule has 3 aromatic rings. The van der Waals surface area contributed by atoms with Crippen molar-refractivity contribution in [3.63, 3.8) is 0 Å². The molecule has 1 atom stereocenters. The van der Waals surface area contributed by atoms with E-state index in [1.54, 1.807) is 12.3 Å². The number of nitrogens with two attached hydrogens (primary N) is 1. The number of carbonyl (C=O) groups is 1. The van der Waals surface area contributed by atoms with Crippen LogP contribution in [0.3, 0.4) is 0 Å². The Balaban J connectivity index is 0.000000570. The maximum absolute atomic E-state index is 13.0. The molecular weight excluding hydrogens is 464 g/mol. The summed E-state index contributed by atoms with van der Waals surface area (Å²) in [4.78, 5) is 24.6. The predicted octanol–water partition coefficient (Wildman–Crippen LogP) is 5.42. The molecule has 0 saturated carbocycles. The molecule has 7 nitrogen and oxygen atoms in total. The number of aromatic nitrogens is 4. The van der Waals surface area contributed by atoms with Gasteiger partial charge in [0.2, 0.25) is 0 Å². The van der Waals surface area contributed by atoms with Gasteiger partial charge in [0.05, 0.1) is 17.8 Å². The number of halogens is 5. The summed E-state index contributed by atoms with van der Waals surface area (Å²) in [5, 5.41) is 3.24. The quantitative estimate of drug-likeness (QED) is 0.331. The normalized spacial score (nSPS) is 11.2. The minimum Gasteiger partial charge on any atom is -0.381 e. The molecular formula is C21H29ClF4N6O. The number of nitrogens with zero attached hydrogens (tertiary/aromatic N) is 3. The summed E-state index contributed by atoms with van der Waals surface area (Å²) < 4.78 is 46.0. The summed E-state index contributed by atoms with van der Waals surface area (Å²) >= 11 is 5.89. The van der Waals surface area contributed by atoms with Crippen molar-refractivity contribution in [2.75, 3.05) is 19.3 Å². The Morgan fingerprint density at radius 3 is 2.33 bits per heavy atom. The summed E-state index contributed by atoms with van der Waals surface area (Å²) in [6.45, 7) is 7.00. The van der Waals surface area contributed by atoms with E-state index < -0.39 is 18.5 Å². The van der Waals surface area contributed by atoms with E-state index in [0.29, 0.717) is 22.1 Å². The van der Waals surface area contributed by atoms with Crippen LogP contribution in [-0.2, 0) is 4.79 Å². The van der Waals surface area contributed by atoms with Gasteiger partial charge in [-0.3, -0.25) is 0 Å². The number of aromatic amines is 1. The first kappa shape index (κ1) is 30.2. The van der Waals surface area contributed by atoms with E-state index in [2.05, 4.69) is 19.9 Å². The van der Waals surface area contributed by atoms with Crippen molar-refractivity contribution in [2.45, 2.75) is 40.3 Å². The van der Waals surface area contributed by atoms with E-state index in [1.165, 1.54) is 13.2 Å². The smallest absolute Gasteiger partial charge is 0.381 e. The summed E-state index contributed by atoms with van der Waals surface area (Å²) in [6, 6.07) is 1.73. The van der Waals surface area contributed by atoms with Gasteiger partial charge in [0.15, 0.2) is 17.5 Å². The van der Waals surface area contributed by atoms with E-state index in [9.17, 15) is 22.4 Å². The van der Waals surface area contributed by atoms with E-state index in [-0.39, 0.29) is 11.7 Å².